The molecule has 0 aliphatic carbocycles. The quantitative estimate of drug-likeness (QED) is 0.877. The van der Waals surface area contributed by atoms with E-state index in [2.05, 4.69) is 0 Å². The van der Waals surface area contributed by atoms with Gasteiger partial charge in [-0.15, -0.1) is 0 Å². The number of carbonyl (C=O) groups excluding carboxylic acids is 1. The number of nitrogens with zero attached hydrogens (tertiary/aromatic N) is 1. The number of halogens is 1. The first kappa shape index (κ1) is 15.0. The Morgan fingerprint density at radius 2 is 1.81 bits per heavy atom. The molecular weight excluding hydrogens is 267 g/mol. The first-order valence-electron chi connectivity index (χ1n) is 6.79. The van der Waals surface area contributed by atoms with Crippen LogP contribution in [0.5, 0.6) is 0 Å². The highest BCUT2D eigenvalue weighted by molar-refractivity contribution is 5.99. The van der Waals surface area contributed by atoms with Crippen LogP contribution < -0.4 is 5.73 Å². The zero-order chi connectivity index (χ0) is 15.6. The van der Waals surface area contributed by atoms with Gasteiger partial charge in [0.15, 0.2) is 0 Å². The topological polar surface area (TPSA) is 46.3 Å². The first-order valence-corrected chi connectivity index (χ1v) is 6.79. The summed E-state index contributed by atoms with van der Waals surface area (Å²) in [6.45, 7) is 3.82. The van der Waals surface area contributed by atoms with E-state index < -0.39 is 0 Å². The monoisotopic (exact) mass is 286 g/mol. The maximum Gasteiger partial charge on any atom is 0.256 e. The van der Waals surface area contributed by atoms with Gasteiger partial charge in [-0.2, -0.15) is 0 Å². The van der Waals surface area contributed by atoms with Crippen molar-refractivity contribution in [1.82, 2.24) is 4.90 Å². The Balaban J connectivity index is 2.26. The predicted octanol–water partition coefficient (Wildman–Crippen LogP) is 3.55. The van der Waals surface area contributed by atoms with Crippen LogP contribution in [-0.2, 0) is 0 Å². The number of anilines is 1. The van der Waals surface area contributed by atoms with Gasteiger partial charge >= 0.3 is 0 Å². The minimum absolute atomic E-state index is 0.145. The molecule has 2 aromatic carbocycles. The van der Waals surface area contributed by atoms with Gasteiger partial charge in [0, 0.05) is 12.7 Å². The molecule has 1 amide bonds. The lowest BCUT2D eigenvalue weighted by molar-refractivity contribution is 0.0743. The fourth-order valence-corrected chi connectivity index (χ4v) is 2.19. The standard InChI is InChI=1S/C17H19FN2O/c1-11-4-9-16(19)15(10-11)17(21)20(3)12(2)13-5-7-14(18)8-6-13/h4-10,12H,19H2,1-3H3. The second kappa shape index (κ2) is 5.95. The maximum absolute atomic E-state index is 13.0. The zero-order valence-electron chi connectivity index (χ0n) is 12.4. The van der Waals surface area contributed by atoms with Gasteiger partial charge < -0.3 is 10.6 Å². The maximum atomic E-state index is 13.0. The third kappa shape index (κ3) is 3.21. The molecule has 1 atom stereocenters. The molecule has 3 nitrogen and oxygen atoms in total. The second-order valence-electron chi connectivity index (χ2n) is 5.23. The fraction of sp³-hybridized carbons (Fsp3) is 0.235. The Hall–Kier alpha value is -2.36. The summed E-state index contributed by atoms with van der Waals surface area (Å²) >= 11 is 0. The molecule has 0 heterocycles. The number of carbonyl (C=O) groups is 1. The van der Waals surface area contributed by atoms with Crippen LogP contribution in [0.15, 0.2) is 42.5 Å². The Bertz CT molecular complexity index is 652. The summed E-state index contributed by atoms with van der Waals surface area (Å²) in [5, 5.41) is 0. The Kier molecular flexibility index (Phi) is 4.26. The molecule has 2 rings (SSSR count). The SMILES string of the molecule is Cc1ccc(N)c(C(=O)N(C)C(C)c2ccc(F)cc2)c1. The van der Waals surface area contributed by atoms with E-state index in [1.54, 1.807) is 36.2 Å². The van der Waals surface area contributed by atoms with Crippen molar-refractivity contribution >= 4 is 11.6 Å². The van der Waals surface area contributed by atoms with Crippen molar-refractivity contribution in [3.63, 3.8) is 0 Å². The molecule has 0 saturated heterocycles. The van der Waals surface area contributed by atoms with Crippen LogP contribution in [0.3, 0.4) is 0 Å². The molecule has 2 aromatic rings. The van der Waals surface area contributed by atoms with Crippen molar-refractivity contribution < 1.29 is 9.18 Å². The lowest BCUT2D eigenvalue weighted by atomic mass is 10.0. The molecular formula is C17H19FN2O. The summed E-state index contributed by atoms with van der Waals surface area (Å²) < 4.78 is 13.0. The first-order chi connectivity index (χ1) is 9.90. The van der Waals surface area contributed by atoms with Crippen LogP contribution in [-0.4, -0.2) is 17.9 Å². The van der Waals surface area contributed by atoms with Crippen LogP contribution in [0, 0.1) is 12.7 Å². The number of hydrogen-bond acceptors (Lipinski definition) is 2. The van der Waals surface area contributed by atoms with Gasteiger partial charge in [-0.05, 0) is 43.7 Å². The highest BCUT2D eigenvalue weighted by atomic mass is 19.1. The minimum atomic E-state index is -0.289. The molecule has 110 valence electrons. The van der Waals surface area contributed by atoms with E-state index in [0.717, 1.165) is 11.1 Å². The van der Waals surface area contributed by atoms with Crippen molar-refractivity contribution in [3.05, 3.63) is 65.0 Å². The van der Waals surface area contributed by atoms with Crippen molar-refractivity contribution in [2.75, 3.05) is 12.8 Å². The Labute approximate surface area is 124 Å². The molecule has 0 saturated carbocycles. The number of nitrogen functional groups attached to an aromatic ring is 1. The van der Waals surface area contributed by atoms with E-state index in [1.807, 2.05) is 19.9 Å². The summed E-state index contributed by atoms with van der Waals surface area (Å²) in [5.74, 6) is -0.434. The molecule has 0 aromatic heterocycles. The summed E-state index contributed by atoms with van der Waals surface area (Å²) in [7, 11) is 1.72. The van der Waals surface area contributed by atoms with Crippen LogP contribution in [0.2, 0.25) is 0 Å². The van der Waals surface area contributed by atoms with Crippen molar-refractivity contribution in [3.8, 4) is 0 Å². The van der Waals surface area contributed by atoms with Gasteiger partial charge in [-0.3, -0.25) is 4.79 Å². The third-order valence-electron chi connectivity index (χ3n) is 3.69. The summed E-state index contributed by atoms with van der Waals surface area (Å²) in [6, 6.07) is 11.4. The van der Waals surface area contributed by atoms with Gasteiger partial charge in [0.1, 0.15) is 5.82 Å². The van der Waals surface area contributed by atoms with E-state index in [-0.39, 0.29) is 17.8 Å². The average molecular weight is 286 g/mol. The largest absolute Gasteiger partial charge is 0.398 e. The van der Waals surface area contributed by atoms with E-state index in [9.17, 15) is 9.18 Å². The molecule has 0 fully saturated rings. The predicted molar refractivity (Wildman–Crippen MR) is 82.5 cm³/mol. The van der Waals surface area contributed by atoms with Crippen molar-refractivity contribution in [2.24, 2.45) is 0 Å². The van der Waals surface area contributed by atoms with Crippen molar-refractivity contribution in [2.45, 2.75) is 19.9 Å². The van der Waals surface area contributed by atoms with Gasteiger partial charge in [0.2, 0.25) is 0 Å². The highest BCUT2D eigenvalue weighted by Gasteiger charge is 2.20. The molecule has 0 radical (unpaired) electrons. The number of hydrogen-bond donors (Lipinski definition) is 1. The molecule has 0 aliphatic rings. The highest BCUT2D eigenvalue weighted by Crippen LogP contribution is 2.23. The minimum Gasteiger partial charge on any atom is -0.398 e. The van der Waals surface area contributed by atoms with E-state index in [0.29, 0.717) is 11.3 Å². The molecule has 1 unspecified atom stereocenters. The molecule has 0 spiro atoms. The Morgan fingerprint density at radius 3 is 2.43 bits per heavy atom. The number of benzene rings is 2. The number of amides is 1. The number of aryl methyl sites for hydroxylation is 1. The Morgan fingerprint density at radius 1 is 1.19 bits per heavy atom. The van der Waals surface area contributed by atoms with E-state index in [4.69, 9.17) is 5.73 Å². The van der Waals surface area contributed by atoms with Crippen LogP contribution >= 0.6 is 0 Å². The van der Waals surface area contributed by atoms with Crippen LogP contribution in [0.25, 0.3) is 0 Å². The molecule has 0 bridgehead atoms. The summed E-state index contributed by atoms with van der Waals surface area (Å²) in [4.78, 5) is 14.2. The molecule has 2 N–H and O–H groups in total. The van der Waals surface area contributed by atoms with Crippen LogP contribution in [0.4, 0.5) is 10.1 Å². The van der Waals surface area contributed by atoms with Gasteiger partial charge in [-0.25, -0.2) is 4.39 Å². The third-order valence-corrected chi connectivity index (χ3v) is 3.69. The van der Waals surface area contributed by atoms with Crippen molar-refractivity contribution in [1.29, 1.82) is 0 Å². The molecule has 21 heavy (non-hydrogen) atoms. The van der Waals surface area contributed by atoms with E-state index in [1.165, 1.54) is 12.1 Å². The van der Waals surface area contributed by atoms with Gasteiger partial charge in [-0.1, -0.05) is 23.8 Å². The van der Waals surface area contributed by atoms with E-state index >= 15 is 0 Å². The van der Waals surface area contributed by atoms with Gasteiger partial charge in [0.25, 0.3) is 5.91 Å². The normalized spacial score (nSPS) is 12.0. The number of rotatable bonds is 3. The van der Waals surface area contributed by atoms with Crippen LogP contribution in [0.1, 0.15) is 34.5 Å². The molecule has 0 aliphatic heterocycles. The number of nitrogens with two attached hydrogens (primary N) is 1. The lowest BCUT2D eigenvalue weighted by Gasteiger charge is -2.26. The summed E-state index contributed by atoms with van der Waals surface area (Å²) in [6.07, 6.45) is 0. The molecule has 4 heteroatoms. The lowest BCUT2D eigenvalue weighted by Crippen LogP contribution is -2.30. The summed E-state index contributed by atoms with van der Waals surface area (Å²) in [5.41, 5.74) is 8.70. The second-order valence-corrected chi connectivity index (χ2v) is 5.23. The average Bonchev–Trinajstić information content (AvgIpc) is 2.48. The smallest absolute Gasteiger partial charge is 0.256 e. The zero-order valence-corrected chi connectivity index (χ0v) is 12.4. The fourth-order valence-electron chi connectivity index (χ4n) is 2.19. The van der Waals surface area contributed by atoms with Gasteiger partial charge in [0.05, 0.1) is 11.6 Å².